The monoisotopic (exact) mass is 232 g/mol. The first-order chi connectivity index (χ1) is 8.25. The average molecular weight is 232 g/mol. The molecule has 0 radical (unpaired) electrons. The number of nitrogens with zero attached hydrogens (tertiary/aromatic N) is 3. The minimum absolute atomic E-state index is 0.329. The molecule has 2 aromatic rings. The fourth-order valence-corrected chi connectivity index (χ4v) is 2.24. The van der Waals surface area contributed by atoms with Crippen LogP contribution in [0.5, 0.6) is 0 Å². The Balaban J connectivity index is 2.12. The maximum absolute atomic E-state index is 13.0. The van der Waals surface area contributed by atoms with Crippen LogP contribution in [-0.4, -0.2) is 14.8 Å². The second-order valence-electron chi connectivity index (χ2n) is 4.28. The first-order valence-corrected chi connectivity index (χ1v) is 5.73. The van der Waals surface area contributed by atoms with E-state index in [1.807, 2.05) is 0 Å². The van der Waals surface area contributed by atoms with Gasteiger partial charge < -0.3 is 10.3 Å². The summed E-state index contributed by atoms with van der Waals surface area (Å²) in [6, 6.07) is 4.38. The van der Waals surface area contributed by atoms with Crippen molar-refractivity contribution < 1.29 is 4.39 Å². The Kier molecular flexibility index (Phi) is 2.31. The molecule has 0 saturated heterocycles. The highest BCUT2D eigenvalue weighted by Gasteiger charge is 2.18. The van der Waals surface area contributed by atoms with Crippen molar-refractivity contribution in [3.8, 4) is 11.4 Å². The second-order valence-corrected chi connectivity index (χ2v) is 4.28. The number of halogens is 1. The number of hydrogen-bond acceptors (Lipinski definition) is 3. The van der Waals surface area contributed by atoms with Crippen molar-refractivity contribution in [2.24, 2.45) is 0 Å². The van der Waals surface area contributed by atoms with Crippen LogP contribution < -0.4 is 5.73 Å². The van der Waals surface area contributed by atoms with Gasteiger partial charge in [0, 0.05) is 24.2 Å². The summed E-state index contributed by atoms with van der Waals surface area (Å²) in [4.78, 5) is 0. The molecule has 1 aromatic carbocycles. The molecule has 5 heteroatoms. The van der Waals surface area contributed by atoms with Crippen LogP contribution in [0.2, 0.25) is 0 Å². The predicted octanol–water partition coefficient (Wildman–Crippen LogP) is 2.00. The molecule has 0 bridgehead atoms. The van der Waals surface area contributed by atoms with Crippen molar-refractivity contribution in [1.82, 2.24) is 14.8 Å². The third-order valence-electron chi connectivity index (χ3n) is 3.11. The normalized spacial score (nSPS) is 14.6. The minimum atomic E-state index is -0.329. The standard InChI is InChI=1S/C12H13FN4/c13-8-4-5-9(10(14)7-8)12-16-15-11-3-1-2-6-17(11)12/h4-5,7H,1-3,6,14H2. The maximum atomic E-state index is 13.0. The van der Waals surface area contributed by atoms with Crippen molar-refractivity contribution in [1.29, 1.82) is 0 Å². The molecule has 0 fully saturated rings. The Hall–Kier alpha value is -1.91. The molecule has 0 saturated carbocycles. The maximum Gasteiger partial charge on any atom is 0.166 e. The topological polar surface area (TPSA) is 56.7 Å². The lowest BCUT2D eigenvalue weighted by atomic mass is 10.1. The SMILES string of the molecule is Nc1cc(F)ccc1-c1nnc2n1CCCC2. The van der Waals surface area contributed by atoms with E-state index in [0.29, 0.717) is 5.69 Å². The van der Waals surface area contributed by atoms with Crippen LogP contribution in [0.1, 0.15) is 18.7 Å². The molecule has 0 unspecified atom stereocenters. The average Bonchev–Trinajstić information content (AvgIpc) is 2.73. The lowest BCUT2D eigenvalue weighted by molar-refractivity contribution is 0.526. The summed E-state index contributed by atoms with van der Waals surface area (Å²) in [6.07, 6.45) is 3.23. The molecule has 4 nitrogen and oxygen atoms in total. The predicted molar refractivity (Wildman–Crippen MR) is 62.8 cm³/mol. The lowest BCUT2D eigenvalue weighted by Crippen LogP contribution is -2.11. The van der Waals surface area contributed by atoms with Crippen LogP contribution in [0, 0.1) is 5.82 Å². The number of nitrogens with two attached hydrogens (primary N) is 1. The zero-order valence-electron chi connectivity index (χ0n) is 9.36. The minimum Gasteiger partial charge on any atom is -0.398 e. The van der Waals surface area contributed by atoms with Crippen molar-refractivity contribution >= 4 is 5.69 Å². The molecule has 0 atom stereocenters. The number of aromatic nitrogens is 3. The Labute approximate surface area is 98.3 Å². The molecule has 1 aliphatic rings. The van der Waals surface area contributed by atoms with E-state index in [-0.39, 0.29) is 5.82 Å². The Morgan fingerprint density at radius 2 is 2.12 bits per heavy atom. The fourth-order valence-electron chi connectivity index (χ4n) is 2.24. The summed E-state index contributed by atoms with van der Waals surface area (Å²) in [5, 5.41) is 8.33. The number of aryl methyl sites for hydroxylation is 1. The highest BCUT2D eigenvalue weighted by atomic mass is 19.1. The molecular formula is C12H13FN4. The van der Waals surface area contributed by atoms with Crippen LogP contribution in [-0.2, 0) is 13.0 Å². The third kappa shape index (κ3) is 1.67. The van der Waals surface area contributed by atoms with Crippen LogP contribution in [0.4, 0.5) is 10.1 Å². The molecule has 3 rings (SSSR count). The number of fused-ring (bicyclic) bond motifs is 1. The van der Waals surface area contributed by atoms with Gasteiger partial charge in [-0.1, -0.05) is 0 Å². The van der Waals surface area contributed by atoms with Gasteiger partial charge in [0.25, 0.3) is 0 Å². The highest BCUT2D eigenvalue weighted by Crippen LogP contribution is 2.27. The van der Waals surface area contributed by atoms with E-state index in [0.717, 1.165) is 43.0 Å². The van der Waals surface area contributed by atoms with Gasteiger partial charge in [-0.15, -0.1) is 10.2 Å². The first-order valence-electron chi connectivity index (χ1n) is 5.73. The number of nitrogen functional groups attached to an aromatic ring is 1. The zero-order valence-corrected chi connectivity index (χ0v) is 9.36. The quantitative estimate of drug-likeness (QED) is 0.765. The Morgan fingerprint density at radius 3 is 2.94 bits per heavy atom. The van der Waals surface area contributed by atoms with Crippen LogP contribution in [0.15, 0.2) is 18.2 Å². The molecule has 1 aromatic heterocycles. The van der Waals surface area contributed by atoms with Gasteiger partial charge >= 0.3 is 0 Å². The Bertz CT molecular complexity index is 562. The smallest absolute Gasteiger partial charge is 0.166 e. The molecule has 88 valence electrons. The van der Waals surface area contributed by atoms with Gasteiger partial charge in [-0.2, -0.15) is 0 Å². The number of benzene rings is 1. The molecule has 1 aliphatic heterocycles. The van der Waals surface area contributed by atoms with Crippen LogP contribution in [0.3, 0.4) is 0 Å². The molecular weight excluding hydrogens is 219 g/mol. The van der Waals surface area contributed by atoms with E-state index >= 15 is 0 Å². The fraction of sp³-hybridized carbons (Fsp3) is 0.333. The number of rotatable bonds is 1. The van der Waals surface area contributed by atoms with E-state index in [4.69, 9.17) is 5.73 Å². The third-order valence-corrected chi connectivity index (χ3v) is 3.11. The summed E-state index contributed by atoms with van der Waals surface area (Å²) >= 11 is 0. The van der Waals surface area contributed by atoms with Crippen molar-refractivity contribution in [2.45, 2.75) is 25.8 Å². The highest BCUT2D eigenvalue weighted by molar-refractivity contribution is 5.71. The van der Waals surface area contributed by atoms with Gasteiger partial charge in [-0.25, -0.2) is 4.39 Å². The first kappa shape index (κ1) is 10.3. The number of hydrogen-bond donors (Lipinski definition) is 1. The van der Waals surface area contributed by atoms with Gasteiger partial charge in [-0.05, 0) is 31.0 Å². The summed E-state index contributed by atoms with van der Waals surface area (Å²) in [5.74, 6) is 1.41. The van der Waals surface area contributed by atoms with E-state index < -0.39 is 0 Å². The molecule has 0 amide bonds. The van der Waals surface area contributed by atoms with Gasteiger partial charge in [0.15, 0.2) is 5.82 Å². The molecule has 0 aliphatic carbocycles. The van der Waals surface area contributed by atoms with Gasteiger partial charge in [0.2, 0.25) is 0 Å². The van der Waals surface area contributed by atoms with Crippen LogP contribution in [0.25, 0.3) is 11.4 Å². The van der Waals surface area contributed by atoms with Gasteiger partial charge in [0.05, 0.1) is 0 Å². The summed E-state index contributed by atoms with van der Waals surface area (Å²) in [5.41, 5.74) is 6.99. The van der Waals surface area contributed by atoms with Crippen molar-refractivity contribution in [2.75, 3.05) is 5.73 Å². The summed E-state index contributed by atoms with van der Waals surface area (Å²) < 4.78 is 15.1. The van der Waals surface area contributed by atoms with Crippen LogP contribution >= 0.6 is 0 Å². The summed E-state index contributed by atoms with van der Waals surface area (Å²) in [6.45, 7) is 0.911. The molecule has 2 N–H and O–H groups in total. The van der Waals surface area contributed by atoms with Crippen molar-refractivity contribution in [3.05, 3.63) is 29.8 Å². The second kappa shape index (κ2) is 3.84. The molecule has 0 spiro atoms. The number of anilines is 1. The van der Waals surface area contributed by atoms with E-state index in [1.165, 1.54) is 12.1 Å². The lowest BCUT2D eigenvalue weighted by Gasteiger charge is -2.15. The van der Waals surface area contributed by atoms with Crippen molar-refractivity contribution in [3.63, 3.8) is 0 Å². The zero-order chi connectivity index (χ0) is 11.8. The Morgan fingerprint density at radius 1 is 1.24 bits per heavy atom. The van der Waals surface area contributed by atoms with E-state index in [2.05, 4.69) is 14.8 Å². The molecule has 2 heterocycles. The van der Waals surface area contributed by atoms with Gasteiger partial charge in [0.1, 0.15) is 11.6 Å². The van der Waals surface area contributed by atoms with E-state index in [1.54, 1.807) is 6.07 Å². The largest absolute Gasteiger partial charge is 0.398 e. The summed E-state index contributed by atoms with van der Waals surface area (Å²) in [7, 11) is 0. The van der Waals surface area contributed by atoms with Gasteiger partial charge in [-0.3, -0.25) is 0 Å². The van der Waals surface area contributed by atoms with E-state index in [9.17, 15) is 4.39 Å². The molecule has 17 heavy (non-hydrogen) atoms.